The van der Waals surface area contributed by atoms with Gasteiger partial charge in [0.15, 0.2) is 5.11 Å². The maximum atomic E-state index is 13.0. The molecule has 0 amide bonds. The first-order valence-electron chi connectivity index (χ1n) is 9.54. The van der Waals surface area contributed by atoms with E-state index in [-0.39, 0.29) is 21.9 Å². The molecular weight excluding hydrogens is 459 g/mol. The molecule has 1 aliphatic rings. The molecule has 1 atom stereocenters. The third kappa shape index (κ3) is 4.98. The quantitative estimate of drug-likeness (QED) is 0.304. The molecule has 0 unspecified atom stereocenters. The summed E-state index contributed by atoms with van der Waals surface area (Å²) in [4.78, 5) is 0. The molecule has 0 bridgehead atoms. The number of anilines is 1. The highest BCUT2D eigenvalue weighted by Gasteiger charge is 2.31. The molecule has 0 saturated heterocycles. The lowest BCUT2D eigenvalue weighted by molar-refractivity contribution is -0.137. The van der Waals surface area contributed by atoms with Gasteiger partial charge in [-0.05, 0) is 54.2 Å². The van der Waals surface area contributed by atoms with Gasteiger partial charge in [0.05, 0.1) is 22.0 Å². The third-order valence-electron chi connectivity index (χ3n) is 4.73. The van der Waals surface area contributed by atoms with Crippen molar-refractivity contribution >= 4 is 40.3 Å². The molecule has 0 aliphatic carbocycles. The van der Waals surface area contributed by atoms with Crippen LogP contribution in [0.2, 0.25) is 5.02 Å². The van der Waals surface area contributed by atoms with E-state index in [2.05, 4.69) is 16.2 Å². The Morgan fingerprint density at radius 3 is 2.44 bits per heavy atom. The van der Waals surface area contributed by atoms with Crippen molar-refractivity contribution in [2.45, 2.75) is 12.3 Å². The second-order valence-corrected chi connectivity index (χ2v) is 7.74. The molecule has 0 radical (unpaired) electrons. The van der Waals surface area contributed by atoms with E-state index >= 15 is 0 Å². The molecule has 1 aliphatic heterocycles. The maximum Gasteiger partial charge on any atom is 0.416 e. The minimum Gasteiger partial charge on any atom is -0.481 e. The van der Waals surface area contributed by atoms with Gasteiger partial charge >= 0.3 is 6.18 Å². The number of nitrogens with one attached hydrogen (secondary N) is 3. The second-order valence-electron chi connectivity index (χ2n) is 6.92. The summed E-state index contributed by atoms with van der Waals surface area (Å²) in [5.74, 6) is 0.688. The molecule has 0 aromatic heterocycles. The summed E-state index contributed by atoms with van der Waals surface area (Å²) in [5.41, 5.74) is 7.54. The average Bonchev–Trinajstić information content (AvgIpc) is 2.78. The van der Waals surface area contributed by atoms with Crippen molar-refractivity contribution in [2.24, 2.45) is 0 Å². The van der Waals surface area contributed by atoms with Crippen molar-refractivity contribution in [3.63, 3.8) is 0 Å². The van der Waals surface area contributed by atoms with Gasteiger partial charge in [0.25, 0.3) is 0 Å². The van der Waals surface area contributed by atoms with Crippen molar-refractivity contribution in [2.75, 3.05) is 5.32 Å². The Kier molecular flexibility index (Phi) is 6.25. The number of hydrazine groups is 1. The predicted molar refractivity (Wildman–Crippen MR) is 123 cm³/mol. The molecule has 32 heavy (non-hydrogen) atoms. The topological polar surface area (TPSA) is 45.3 Å². The molecule has 3 N–H and O–H groups in total. The van der Waals surface area contributed by atoms with E-state index in [0.29, 0.717) is 11.4 Å². The fourth-order valence-corrected chi connectivity index (χ4v) is 3.52. The van der Waals surface area contributed by atoms with Crippen LogP contribution in [-0.4, -0.2) is 5.11 Å². The Hall–Kier alpha value is -3.23. The van der Waals surface area contributed by atoms with Gasteiger partial charge < -0.3 is 10.1 Å². The van der Waals surface area contributed by atoms with Crippen LogP contribution in [0.3, 0.4) is 0 Å². The fraction of sp³-hybridized carbons (Fsp3) is 0.0870. The van der Waals surface area contributed by atoms with Crippen LogP contribution in [0, 0.1) is 0 Å². The van der Waals surface area contributed by atoms with Gasteiger partial charge in [-0.15, -0.1) is 0 Å². The first-order chi connectivity index (χ1) is 15.3. The Labute approximate surface area is 193 Å². The fourth-order valence-electron chi connectivity index (χ4n) is 3.19. The molecule has 9 heteroatoms. The van der Waals surface area contributed by atoms with E-state index < -0.39 is 11.7 Å². The third-order valence-corrected chi connectivity index (χ3v) is 5.26. The van der Waals surface area contributed by atoms with Gasteiger partial charge in [0.2, 0.25) is 0 Å². The van der Waals surface area contributed by atoms with Crippen LogP contribution in [0.5, 0.6) is 5.75 Å². The van der Waals surface area contributed by atoms with Gasteiger partial charge in [-0.2, -0.15) is 13.2 Å². The first-order valence-corrected chi connectivity index (χ1v) is 10.3. The smallest absolute Gasteiger partial charge is 0.416 e. The molecule has 3 aromatic carbocycles. The molecule has 0 saturated carbocycles. The number of benzene rings is 3. The zero-order chi connectivity index (χ0) is 22.7. The zero-order valence-corrected chi connectivity index (χ0v) is 18.0. The number of ether oxygens (including phenoxy) is 1. The van der Waals surface area contributed by atoms with Crippen LogP contribution < -0.4 is 20.9 Å². The molecular formula is C23H17ClF3N3OS. The number of thiocarbonyl (C=S) groups is 1. The zero-order valence-electron chi connectivity index (χ0n) is 16.4. The van der Waals surface area contributed by atoms with E-state index in [4.69, 9.17) is 28.6 Å². The Morgan fingerprint density at radius 1 is 0.969 bits per heavy atom. The average molecular weight is 476 g/mol. The lowest BCUT2D eigenvalue weighted by Gasteiger charge is -2.27. The highest BCUT2D eigenvalue weighted by atomic mass is 35.5. The molecule has 3 aromatic rings. The van der Waals surface area contributed by atoms with E-state index in [1.165, 1.54) is 6.07 Å². The summed E-state index contributed by atoms with van der Waals surface area (Å²) < 4.78 is 45.1. The van der Waals surface area contributed by atoms with Crippen LogP contribution >= 0.6 is 23.8 Å². The molecule has 164 valence electrons. The van der Waals surface area contributed by atoms with Gasteiger partial charge in [-0.25, -0.2) is 0 Å². The number of halogens is 4. The molecule has 4 nitrogen and oxygen atoms in total. The molecule has 4 rings (SSSR count). The van der Waals surface area contributed by atoms with Crippen LogP contribution in [0.1, 0.15) is 22.8 Å². The largest absolute Gasteiger partial charge is 0.481 e. The van der Waals surface area contributed by atoms with Crippen molar-refractivity contribution in [1.82, 2.24) is 10.9 Å². The Morgan fingerprint density at radius 2 is 1.69 bits per heavy atom. The lowest BCUT2D eigenvalue weighted by atomic mass is 10.0. The van der Waals surface area contributed by atoms with Gasteiger partial charge in [0.1, 0.15) is 11.9 Å². The number of hydrogen-bond acceptors (Lipinski definition) is 3. The van der Waals surface area contributed by atoms with Gasteiger partial charge in [0, 0.05) is 5.56 Å². The number of rotatable bonds is 4. The van der Waals surface area contributed by atoms with Crippen LogP contribution in [0.15, 0.2) is 78.9 Å². The van der Waals surface area contributed by atoms with Crippen LogP contribution in [0.25, 0.3) is 5.70 Å². The first kappa shape index (κ1) is 22.0. The monoisotopic (exact) mass is 475 g/mol. The van der Waals surface area contributed by atoms with Crippen molar-refractivity contribution in [3.8, 4) is 5.75 Å². The van der Waals surface area contributed by atoms with Crippen LogP contribution in [-0.2, 0) is 6.18 Å². The van der Waals surface area contributed by atoms with Crippen molar-refractivity contribution in [1.29, 1.82) is 0 Å². The van der Waals surface area contributed by atoms with E-state index in [1.807, 2.05) is 60.7 Å². The number of para-hydroxylation sites is 1. The van der Waals surface area contributed by atoms with E-state index in [9.17, 15) is 13.2 Å². The van der Waals surface area contributed by atoms with Gasteiger partial charge in [-0.3, -0.25) is 10.9 Å². The minimum absolute atomic E-state index is 0.0457. The summed E-state index contributed by atoms with van der Waals surface area (Å²) in [6, 6.07) is 20.2. The Balaban J connectivity index is 1.51. The summed E-state index contributed by atoms with van der Waals surface area (Å²) in [6.07, 6.45) is -2.92. The number of fused-ring (bicyclic) bond motifs is 1. The summed E-state index contributed by atoms with van der Waals surface area (Å²) >= 11 is 11.3. The van der Waals surface area contributed by atoms with Crippen molar-refractivity contribution in [3.05, 3.63) is 101 Å². The van der Waals surface area contributed by atoms with E-state index in [0.717, 1.165) is 23.3 Å². The molecule has 0 fully saturated rings. The lowest BCUT2D eigenvalue weighted by Crippen LogP contribution is -2.39. The molecule has 0 spiro atoms. The SMILES string of the molecule is FC(F)(F)c1ccc(Cl)c(NC(=S)NNC2=C[C@H](c3ccccc3)Oc3ccccc32)c1. The number of hydrogen-bond donors (Lipinski definition) is 3. The van der Waals surface area contributed by atoms with E-state index in [1.54, 1.807) is 0 Å². The summed E-state index contributed by atoms with van der Waals surface area (Å²) in [7, 11) is 0. The highest BCUT2D eigenvalue weighted by molar-refractivity contribution is 7.80. The normalized spacial score (nSPS) is 15.1. The standard InChI is InChI=1S/C23H17ClF3N3OS/c24-17-11-10-15(23(25,26)27)12-19(17)28-22(32)30-29-18-13-21(14-6-2-1-3-7-14)31-20-9-5-4-8-16(18)20/h1-13,21,29H,(H2,28,30,32)/t21-/m1/s1. The highest BCUT2D eigenvalue weighted by Crippen LogP contribution is 2.36. The summed E-state index contributed by atoms with van der Waals surface area (Å²) in [5, 5.41) is 2.86. The maximum absolute atomic E-state index is 13.0. The van der Waals surface area contributed by atoms with Crippen LogP contribution in [0.4, 0.5) is 18.9 Å². The number of alkyl halides is 3. The van der Waals surface area contributed by atoms with Crippen molar-refractivity contribution < 1.29 is 17.9 Å². The molecule has 1 heterocycles. The summed E-state index contributed by atoms with van der Waals surface area (Å²) in [6.45, 7) is 0. The minimum atomic E-state index is -4.49. The Bertz CT molecular complexity index is 1170. The predicted octanol–water partition coefficient (Wildman–Crippen LogP) is 6.32. The van der Waals surface area contributed by atoms with Gasteiger partial charge in [-0.1, -0.05) is 54.1 Å². The second kappa shape index (κ2) is 9.10.